The maximum Gasteiger partial charge on any atom is 0.0625 e. The average molecular weight is 805 g/mol. The largest absolute Gasteiger partial charge is 0.310 e. The van der Waals surface area contributed by atoms with E-state index in [1.54, 1.807) is 0 Å². The van der Waals surface area contributed by atoms with Gasteiger partial charge in [-0.3, -0.25) is 0 Å². The molecule has 0 aliphatic heterocycles. The molecule has 1 aromatic heterocycles. The molecule has 1 atom stereocenters. The molecule has 1 aliphatic rings. The molecule has 1 aliphatic carbocycles. The summed E-state index contributed by atoms with van der Waals surface area (Å²) in [5.41, 5.74) is 17.1. The minimum absolute atomic E-state index is 0.543. The summed E-state index contributed by atoms with van der Waals surface area (Å²) in [5.74, 6) is 0.543. The van der Waals surface area contributed by atoms with Gasteiger partial charge >= 0.3 is 0 Å². The zero-order valence-electron chi connectivity index (χ0n) is 35.1. The molecule has 0 saturated carbocycles. The Morgan fingerprint density at radius 1 is 0.444 bits per heavy atom. The van der Waals surface area contributed by atoms with Gasteiger partial charge in [0.05, 0.1) is 16.7 Å². The molecule has 1 heterocycles. The van der Waals surface area contributed by atoms with Crippen LogP contribution in [0.3, 0.4) is 0 Å². The summed E-state index contributed by atoms with van der Waals surface area (Å²) in [6.45, 7) is 2.33. The smallest absolute Gasteiger partial charge is 0.0625 e. The van der Waals surface area contributed by atoms with Gasteiger partial charge in [-0.2, -0.15) is 0 Å². The summed E-state index contributed by atoms with van der Waals surface area (Å²) in [4.78, 5) is 2.43. The lowest BCUT2D eigenvalue weighted by Gasteiger charge is -2.27. The van der Waals surface area contributed by atoms with E-state index in [-0.39, 0.29) is 0 Å². The number of fused-ring (bicyclic) bond motifs is 7. The van der Waals surface area contributed by atoms with Crippen molar-refractivity contribution in [2.45, 2.75) is 19.3 Å². The van der Waals surface area contributed by atoms with Gasteiger partial charge in [0.25, 0.3) is 0 Å². The van der Waals surface area contributed by atoms with Crippen LogP contribution in [0.15, 0.2) is 231 Å². The summed E-state index contributed by atoms with van der Waals surface area (Å²) in [7, 11) is 0. The zero-order valence-corrected chi connectivity index (χ0v) is 35.1. The summed E-state index contributed by atoms with van der Waals surface area (Å²) >= 11 is 0. The second-order valence-corrected chi connectivity index (χ2v) is 16.9. The molecule has 11 aromatic rings. The van der Waals surface area contributed by atoms with Crippen molar-refractivity contribution in [3.8, 4) is 27.9 Å². The Hall–Kier alpha value is -7.94. The molecule has 0 N–H and O–H groups in total. The first-order chi connectivity index (χ1) is 31.2. The van der Waals surface area contributed by atoms with E-state index in [0.717, 1.165) is 29.2 Å². The summed E-state index contributed by atoms with van der Waals surface area (Å²) in [6.07, 6.45) is 3.48. The van der Waals surface area contributed by atoms with Crippen LogP contribution in [-0.2, 0) is 0 Å². The molecule has 0 spiro atoms. The van der Waals surface area contributed by atoms with Crippen molar-refractivity contribution in [1.82, 2.24) is 4.57 Å². The maximum absolute atomic E-state index is 2.45. The van der Waals surface area contributed by atoms with Crippen LogP contribution in [0.2, 0.25) is 0 Å². The van der Waals surface area contributed by atoms with E-state index in [9.17, 15) is 0 Å². The minimum atomic E-state index is 0.543. The van der Waals surface area contributed by atoms with Crippen molar-refractivity contribution in [3.63, 3.8) is 0 Å². The number of aromatic nitrogens is 1. The first kappa shape index (κ1) is 36.9. The molecular formula is C61H44N2. The van der Waals surface area contributed by atoms with Gasteiger partial charge in [0, 0.05) is 38.6 Å². The van der Waals surface area contributed by atoms with E-state index in [1.165, 1.54) is 87.9 Å². The van der Waals surface area contributed by atoms with Crippen molar-refractivity contribution >= 4 is 66.0 Å². The number of para-hydroxylation sites is 2. The predicted octanol–water partition coefficient (Wildman–Crippen LogP) is 16.8. The fourth-order valence-electron chi connectivity index (χ4n) is 10.2. The Labute approximate surface area is 368 Å². The highest BCUT2D eigenvalue weighted by atomic mass is 15.1. The first-order valence-corrected chi connectivity index (χ1v) is 22.1. The van der Waals surface area contributed by atoms with Gasteiger partial charge in [0.15, 0.2) is 0 Å². The lowest BCUT2D eigenvalue weighted by atomic mass is 9.81. The highest BCUT2D eigenvalue weighted by Crippen LogP contribution is 2.46. The molecule has 2 heteroatoms. The standard InChI is InChI=1S/C61H44N2/c1-41-29-38-52(55-25-10-9-22-51(41)55)45-32-30-42(31-33-45)43-34-36-49(37-35-43)62(58-28-14-17-44-15-5-7-23-53(44)58)50-21-13-18-46(39-50)57-40-47-16-6-8-24-54(47)61-60(57)56-26-11-12-27-59(56)63(61)48-19-3-2-4-20-48/h2-28,30-41H,29H2,1H3/t41-/m1/s1. The SMILES string of the molecule is C[C@@H]1CC=C(c2ccc(-c3ccc(N(c4cccc(-c5cc6ccccc6c6c5c5ccccc5n6-c5ccccc5)c4)c4cccc5ccccc45)cc3)cc2)c2ccccc21. The molecule has 2 nitrogen and oxygen atoms in total. The number of allylic oxidation sites excluding steroid dienone is 1. The van der Waals surface area contributed by atoms with Crippen LogP contribution < -0.4 is 4.90 Å². The van der Waals surface area contributed by atoms with Gasteiger partial charge in [-0.05, 0) is 122 Å². The van der Waals surface area contributed by atoms with Gasteiger partial charge in [-0.1, -0.05) is 183 Å². The third kappa shape index (κ3) is 6.25. The van der Waals surface area contributed by atoms with Gasteiger partial charge in [0.2, 0.25) is 0 Å². The average Bonchev–Trinajstić information content (AvgIpc) is 3.71. The fourth-order valence-corrected chi connectivity index (χ4v) is 10.2. The Balaban J connectivity index is 0.991. The Morgan fingerprint density at radius 3 is 1.90 bits per heavy atom. The fraction of sp³-hybridized carbons (Fsp3) is 0.0492. The molecule has 63 heavy (non-hydrogen) atoms. The molecule has 12 rings (SSSR count). The quantitative estimate of drug-likeness (QED) is 0.156. The lowest BCUT2D eigenvalue weighted by Crippen LogP contribution is -2.10. The number of nitrogens with zero attached hydrogens (tertiary/aromatic N) is 2. The van der Waals surface area contributed by atoms with Crippen LogP contribution >= 0.6 is 0 Å². The van der Waals surface area contributed by atoms with Crippen LogP contribution in [0.4, 0.5) is 17.1 Å². The molecular weight excluding hydrogens is 761 g/mol. The predicted molar refractivity (Wildman–Crippen MR) is 268 cm³/mol. The van der Waals surface area contributed by atoms with Gasteiger partial charge < -0.3 is 9.47 Å². The second kappa shape index (κ2) is 15.2. The molecule has 10 aromatic carbocycles. The molecule has 0 amide bonds. The van der Waals surface area contributed by atoms with E-state index < -0.39 is 0 Å². The topological polar surface area (TPSA) is 8.17 Å². The minimum Gasteiger partial charge on any atom is -0.310 e. The lowest BCUT2D eigenvalue weighted by molar-refractivity contribution is 0.768. The highest BCUT2D eigenvalue weighted by molar-refractivity contribution is 6.24. The summed E-state index contributed by atoms with van der Waals surface area (Å²) in [5, 5.41) is 7.38. The van der Waals surface area contributed by atoms with Crippen LogP contribution in [0, 0.1) is 0 Å². The Kier molecular flexibility index (Phi) is 8.90. The number of hydrogen-bond acceptors (Lipinski definition) is 1. The van der Waals surface area contributed by atoms with Crippen LogP contribution in [0.25, 0.3) is 76.9 Å². The summed E-state index contributed by atoms with van der Waals surface area (Å²) < 4.78 is 2.45. The van der Waals surface area contributed by atoms with Gasteiger partial charge in [-0.15, -0.1) is 0 Å². The van der Waals surface area contributed by atoms with E-state index in [4.69, 9.17) is 0 Å². The van der Waals surface area contributed by atoms with Crippen molar-refractivity contribution in [2.24, 2.45) is 0 Å². The molecule has 298 valence electrons. The molecule has 0 fully saturated rings. The van der Waals surface area contributed by atoms with E-state index in [1.807, 2.05) is 0 Å². The number of rotatable bonds is 7. The number of benzene rings is 10. The zero-order chi connectivity index (χ0) is 41.9. The third-order valence-electron chi connectivity index (χ3n) is 13.2. The van der Waals surface area contributed by atoms with Crippen LogP contribution in [-0.4, -0.2) is 4.57 Å². The maximum atomic E-state index is 2.45. The molecule has 0 radical (unpaired) electrons. The highest BCUT2D eigenvalue weighted by Gasteiger charge is 2.22. The van der Waals surface area contributed by atoms with Crippen molar-refractivity contribution in [3.05, 3.63) is 247 Å². The van der Waals surface area contributed by atoms with E-state index in [0.29, 0.717) is 5.92 Å². The third-order valence-corrected chi connectivity index (χ3v) is 13.2. The first-order valence-electron chi connectivity index (χ1n) is 22.1. The van der Waals surface area contributed by atoms with Gasteiger partial charge in [-0.25, -0.2) is 0 Å². The van der Waals surface area contributed by atoms with Crippen LogP contribution in [0.1, 0.15) is 36.0 Å². The van der Waals surface area contributed by atoms with Crippen molar-refractivity contribution in [1.29, 1.82) is 0 Å². The van der Waals surface area contributed by atoms with Crippen LogP contribution in [0.5, 0.6) is 0 Å². The molecule has 0 bridgehead atoms. The number of anilines is 3. The molecule has 0 saturated heterocycles. The molecule has 0 unspecified atom stereocenters. The van der Waals surface area contributed by atoms with Gasteiger partial charge in [0.1, 0.15) is 0 Å². The van der Waals surface area contributed by atoms with Crippen molar-refractivity contribution < 1.29 is 0 Å². The number of hydrogen-bond donors (Lipinski definition) is 0. The second-order valence-electron chi connectivity index (χ2n) is 16.9. The van der Waals surface area contributed by atoms with E-state index in [2.05, 4.69) is 247 Å². The normalized spacial score (nSPS) is 13.7. The Morgan fingerprint density at radius 2 is 1.08 bits per heavy atom. The van der Waals surface area contributed by atoms with E-state index >= 15 is 0 Å². The van der Waals surface area contributed by atoms with Crippen molar-refractivity contribution in [2.75, 3.05) is 4.90 Å². The summed E-state index contributed by atoms with van der Waals surface area (Å²) in [6, 6.07) is 82.4. The monoisotopic (exact) mass is 804 g/mol. The Bertz CT molecular complexity index is 3530.